The summed E-state index contributed by atoms with van der Waals surface area (Å²) in [7, 11) is 2.49. The summed E-state index contributed by atoms with van der Waals surface area (Å²) in [6.45, 7) is 9.07. The van der Waals surface area contributed by atoms with E-state index in [0.29, 0.717) is 0 Å². The summed E-state index contributed by atoms with van der Waals surface area (Å²) in [4.78, 5) is 2.14. The van der Waals surface area contributed by atoms with Crippen molar-refractivity contribution in [3.8, 4) is 59.2 Å². The van der Waals surface area contributed by atoms with Gasteiger partial charge in [-0.15, -0.1) is 75.2 Å². The van der Waals surface area contributed by atoms with E-state index in [-0.39, 0.29) is 21.1 Å². The number of unbranched alkanes of at least 4 members (excludes halogenated alkanes) is 4. The van der Waals surface area contributed by atoms with Crippen LogP contribution in [0.3, 0.4) is 0 Å². The molecule has 0 radical (unpaired) electrons. The van der Waals surface area contributed by atoms with Crippen LogP contribution in [-0.4, -0.2) is 24.6 Å². The molecule has 0 unspecified atom stereocenters. The fourth-order valence-corrected chi connectivity index (χ4v) is 9.32. The largest absolute Gasteiger partial charge is 2.00 e. The van der Waals surface area contributed by atoms with Crippen molar-refractivity contribution in [2.24, 2.45) is 0 Å². The molecule has 65 heavy (non-hydrogen) atoms. The molecule has 6 aromatic rings. The van der Waals surface area contributed by atoms with Gasteiger partial charge in [-0.05, 0) is 122 Å². The number of rotatable bonds is 12. The fraction of sp³-hybridized carbons (Fsp3) is 0.267. The zero-order valence-corrected chi connectivity index (χ0v) is 44.2. The van der Waals surface area contributed by atoms with Crippen LogP contribution in [0.15, 0.2) is 132 Å². The molecular weight excluding hydrogens is 1040 g/mol. The molecule has 0 bridgehead atoms. The maximum absolute atomic E-state index is 7.05. The van der Waals surface area contributed by atoms with Gasteiger partial charge in [-0.3, -0.25) is 11.8 Å². The topological polar surface area (TPSA) is 0 Å². The van der Waals surface area contributed by atoms with Gasteiger partial charge >= 0.3 is 21.1 Å². The van der Waals surface area contributed by atoms with Gasteiger partial charge in [-0.25, -0.2) is 0 Å². The Morgan fingerprint density at radius 3 is 0.785 bits per heavy atom. The smallest absolute Gasteiger partial charge is 0.366 e. The van der Waals surface area contributed by atoms with Crippen molar-refractivity contribution in [2.75, 3.05) is 24.6 Å². The van der Waals surface area contributed by atoms with Gasteiger partial charge in [0.2, 0.25) is 0 Å². The number of benzene rings is 4. The van der Waals surface area contributed by atoms with Crippen molar-refractivity contribution in [3.05, 3.63) is 199 Å². The minimum atomic E-state index is 0. The van der Waals surface area contributed by atoms with Crippen LogP contribution in [0.25, 0.3) is 0 Å². The average Bonchev–Trinajstić information content (AvgIpc) is 4.09. The first-order valence-corrected chi connectivity index (χ1v) is 26.9. The predicted molar refractivity (Wildman–Crippen MR) is 287 cm³/mol. The Morgan fingerprint density at radius 1 is 0.354 bits per heavy atom. The standard InChI is InChI=1S/2C22H11S.2C8H19P.Pt/c2*1-2-18-5-7-19(8-6-18)9-10-20-11-13-21(14-12-20)15-16-22-4-3-17-23-22;2*1-3-5-7-9-8-6-4-2;/h2*3-8,11-14,17H;2*9H,3-8H2,1-2H3;/q2*-1;;;+2. The van der Waals surface area contributed by atoms with Gasteiger partial charge in [0.05, 0.1) is 9.75 Å². The number of hydrogen-bond donors (Lipinski definition) is 0. The summed E-state index contributed by atoms with van der Waals surface area (Å²) in [5, 5.41) is 4.05. The SMILES string of the molecule is CCCCPCCCC.CCCCPCCCC.[C-]#Cc1ccc(C#Cc2ccc(C#Cc3cccs3)cc2)cc1.[C-]#Cc1ccc(C#Cc2ccc(C#Cc3cccs3)cc2)cc1.[Pt+2]. The summed E-state index contributed by atoms with van der Waals surface area (Å²) < 4.78 is 0. The van der Waals surface area contributed by atoms with Gasteiger partial charge < -0.3 is 12.8 Å². The van der Waals surface area contributed by atoms with Gasteiger partial charge in [0, 0.05) is 33.4 Å². The van der Waals surface area contributed by atoms with Crippen LogP contribution in [0.4, 0.5) is 0 Å². The second kappa shape index (κ2) is 37.4. The Balaban J connectivity index is 0.000000325. The molecule has 0 nitrogen and oxygen atoms in total. The first kappa shape index (κ1) is 56.3. The third-order valence-corrected chi connectivity index (χ3v) is 13.5. The van der Waals surface area contributed by atoms with E-state index in [1.54, 1.807) is 22.7 Å². The maximum atomic E-state index is 7.05. The van der Waals surface area contributed by atoms with Gasteiger partial charge in [0.1, 0.15) is 0 Å². The van der Waals surface area contributed by atoms with Crippen LogP contribution in [0.2, 0.25) is 0 Å². The van der Waals surface area contributed by atoms with Crippen molar-refractivity contribution >= 4 is 39.8 Å². The molecule has 5 heteroatoms. The molecule has 0 atom stereocenters. The Hall–Kier alpha value is -4.81. The molecule has 0 amide bonds. The maximum Gasteiger partial charge on any atom is 2.00 e. The third kappa shape index (κ3) is 26.7. The fourth-order valence-electron chi connectivity index (χ4n) is 5.26. The first-order chi connectivity index (χ1) is 31.5. The first-order valence-electron chi connectivity index (χ1n) is 22.3. The molecule has 0 spiro atoms. The van der Waals surface area contributed by atoms with Crippen molar-refractivity contribution < 1.29 is 21.1 Å². The predicted octanol–water partition coefficient (Wildman–Crippen LogP) is 15.5. The summed E-state index contributed by atoms with van der Waals surface area (Å²) in [5.41, 5.74) is 7.22. The average molecular weight is 1100 g/mol. The quantitative estimate of drug-likeness (QED) is 0.0496. The monoisotopic (exact) mass is 1100 g/mol. The van der Waals surface area contributed by atoms with E-state index >= 15 is 0 Å². The zero-order chi connectivity index (χ0) is 45.7. The van der Waals surface area contributed by atoms with E-state index in [9.17, 15) is 0 Å². The summed E-state index contributed by atoms with van der Waals surface area (Å²) in [5.74, 6) is 29.8. The molecule has 0 fully saturated rings. The third-order valence-electron chi connectivity index (χ3n) is 9.06. The molecule has 0 aliphatic carbocycles. The van der Waals surface area contributed by atoms with Crippen LogP contribution in [0, 0.1) is 72.1 Å². The molecule has 2 heterocycles. The molecular formula is C60H60P2PtS2. The van der Waals surface area contributed by atoms with Crippen LogP contribution >= 0.6 is 39.8 Å². The van der Waals surface area contributed by atoms with E-state index in [4.69, 9.17) is 12.8 Å². The van der Waals surface area contributed by atoms with E-state index in [1.807, 2.05) is 132 Å². The van der Waals surface area contributed by atoms with E-state index in [0.717, 1.165) is 54.3 Å². The molecule has 0 N–H and O–H groups in total. The molecule has 0 saturated heterocycles. The van der Waals surface area contributed by atoms with Crippen LogP contribution in [0.1, 0.15) is 133 Å². The normalized spacial score (nSPS) is 9.14. The molecule has 6 rings (SSSR count). The minimum Gasteiger partial charge on any atom is -0.366 e. The van der Waals surface area contributed by atoms with Crippen LogP contribution in [0.5, 0.6) is 0 Å². The summed E-state index contributed by atoms with van der Waals surface area (Å²) in [6, 6.07) is 38.8. The number of thiophene rings is 2. The van der Waals surface area contributed by atoms with Gasteiger partial charge in [-0.2, -0.15) is 0 Å². The van der Waals surface area contributed by atoms with Crippen LogP contribution in [-0.2, 0) is 21.1 Å². The zero-order valence-electron chi connectivity index (χ0n) is 38.3. The van der Waals surface area contributed by atoms with E-state index in [1.165, 1.54) is 93.2 Å². The van der Waals surface area contributed by atoms with Gasteiger partial charge in [0.15, 0.2) is 0 Å². The van der Waals surface area contributed by atoms with Crippen molar-refractivity contribution in [1.29, 1.82) is 0 Å². The van der Waals surface area contributed by atoms with Crippen molar-refractivity contribution in [2.45, 2.75) is 79.1 Å². The van der Waals surface area contributed by atoms with Gasteiger partial charge in [0.25, 0.3) is 0 Å². The molecule has 4 aromatic carbocycles. The second-order valence-electron chi connectivity index (χ2n) is 14.4. The molecule has 332 valence electrons. The Kier molecular flexibility index (Phi) is 32.4. The molecule has 0 aliphatic rings. The Bertz CT molecular complexity index is 2300. The van der Waals surface area contributed by atoms with Crippen LogP contribution < -0.4 is 0 Å². The van der Waals surface area contributed by atoms with Crippen molar-refractivity contribution in [1.82, 2.24) is 0 Å². The minimum absolute atomic E-state index is 0. The molecule has 0 saturated carbocycles. The van der Waals surface area contributed by atoms with Crippen molar-refractivity contribution in [3.63, 3.8) is 0 Å². The van der Waals surface area contributed by atoms with E-state index in [2.05, 4.69) is 86.9 Å². The molecule has 2 aromatic heterocycles. The van der Waals surface area contributed by atoms with E-state index < -0.39 is 0 Å². The Morgan fingerprint density at radius 2 is 0.585 bits per heavy atom. The summed E-state index contributed by atoms with van der Waals surface area (Å²) in [6.07, 6.45) is 31.3. The second-order valence-corrected chi connectivity index (χ2v) is 19.3. The van der Waals surface area contributed by atoms with Gasteiger partial charge in [-0.1, -0.05) is 137 Å². The summed E-state index contributed by atoms with van der Waals surface area (Å²) >= 11 is 3.28. The number of hydrogen-bond acceptors (Lipinski definition) is 2. The Labute approximate surface area is 419 Å². The molecule has 0 aliphatic heterocycles.